The van der Waals surface area contributed by atoms with Gasteiger partial charge in [-0.05, 0) is 33.3 Å². The molecule has 1 N–H and O–H groups in total. The highest BCUT2D eigenvalue weighted by Crippen LogP contribution is 2.18. The van der Waals surface area contributed by atoms with E-state index < -0.39 is 0 Å². The number of hydrogen-bond donors (Lipinski definition) is 1. The van der Waals surface area contributed by atoms with E-state index in [1.807, 2.05) is 30.0 Å². The molecule has 6 heteroatoms. The molecule has 1 aromatic rings. The van der Waals surface area contributed by atoms with Gasteiger partial charge in [0, 0.05) is 44.8 Å². The van der Waals surface area contributed by atoms with Crippen molar-refractivity contribution in [1.82, 2.24) is 20.0 Å². The van der Waals surface area contributed by atoms with Crippen molar-refractivity contribution in [3.05, 3.63) is 35.9 Å². The molecule has 1 heterocycles. The normalized spacial score (nSPS) is 16.1. The maximum Gasteiger partial charge on any atom is 0.237 e. The van der Waals surface area contributed by atoms with Crippen molar-refractivity contribution >= 4 is 11.8 Å². The first-order valence-electron chi connectivity index (χ1n) is 9.85. The molecule has 0 atom stereocenters. The zero-order valence-corrected chi connectivity index (χ0v) is 17.2. The fourth-order valence-electron chi connectivity index (χ4n) is 3.30. The van der Waals surface area contributed by atoms with Crippen LogP contribution in [0.4, 0.5) is 0 Å². The summed E-state index contributed by atoms with van der Waals surface area (Å²) < 4.78 is 0. The molecule has 0 radical (unpaired) electrons. The Morgan fingerprint density at radius 2 is 1.56 bits per heavy atom. The van der Waals surface area contributed by atoms with E-state index in [0.717, 1.165) is 31.7 Å². The van der Waals surface area contributed by atoms with E-state index in [1.54, 1.807) is 0 Å². The molecule has 2 amide bonds. The largest absolute Gasteiger partial charge is 0.355 e. The average molecular weight is 375 g/mol. The summed E-state index contributed by atoms with van der Waals surface area (Å²) in [7, 11) is 0. The van der Waals surface area contributed by atoms with E-state index in [-0.39, 0.29) is 17.4 Å². The summed E-state index contributed by atoms with van der Waals surface area (Å²) in [6.07, 6.45) is 0. The Kier molecular flexibility index (Phi) is 7.80. The van der Waals surface area contributed by atoms with Gasteiger partial charge in [0.1, 0.15) is 0 Å². The maximum absolute atomic E-state index is 13.0. The molecular weight excluding hydrogens is 340 g/mol. The van der Waals surface area contributed by atoms with Crippen molar-refractivity contribution in [1.29, 1.82) is 0 Å². The van der Waals surface area contributed by atoms with Gasteiger partial charge in [0.05, 0.1) is 13.1 Å². The van der Waals surface area contributed by atoms with Crippen LogP contribution >= 0.6 is 0 Å². The van der Waals surface area contributed by atoms with Gasteiger partial charge in [-0.15, -0.1) is 0 Å². The first-order valence-corrected chi connectivity index (χ1v) is 9.85. The van der Waals surface area contributed by atoms with E-state index in [0.29, 0.717) is 26.2 Å². The Hall–Kier alpha value is -1.92. The average Bonchev–Trinajstić information content (AvgIpc) is 2.61. The number of piperazine rings is 1. The van der Waals surface area contributed by atoms with Crippen LogP contribution in [-0.4, -0.2) is 77.9 Å². The van der Waals surface area contributed by atoms with Crippen molar-refractivity contribution in [2.75, 3.05) is 45.8 Å². The van der Waals surface area contributed by atoms with E-state index in [9.17, 15) is 9.59 Å². The first kappa shape index (κ1) is 21.4. The van der Waals surface area contributed by atoms with Crippen LogP contribution in [-0.2, 0) is 16.1 Å². The van der Waals surface area contributed by atoms with Crippen molar-refractivity contribution in [3.63, 3.8) is 0 Å². The van der Waals surface area contributed by atoms with Gasteiger partial charge in [-0.1, -0.05) is 30.3 Å². The van der Waals surface area contributed by atoms with Crippen molar-refractivity contribution < 1.29 is 9.59 Å². The molecular formula is C21H34N4O2. The number of nitrogens with one attached hydrogen (secondary N) is 1. The van der Waals surface area contributed by atoms with E-state index in [4.69, 9.17) is 0 Å². The van der Waals surface area contributed by atoms with Crippen LogP contribution in [0.5, 0.6) is 0 Å². The van der Waals surface area contributed by atoms with Crippen LogP contribution in [0, 0.1) is 0 Å². The summed E-state index contributed by atoms with van der Waals surface area (Å²) in [6, 6.07) is 10.1. The lowest BCUT2D eigenvalue weighted by molar-refractivity contribution is -0.138. The maximum atomic E-state index is 13.0. The summed E-state index contributed by atoms with van der Waals surface area (Å²) in [4.78, 5) is 31.0. The smallest absolute Gasteiger partial charge is 0.237 e. The molecule has 1 aromatic carbocycles. The van der Waals surface area contributed by atoms with Crippen LogP contribution in [0.15, 0.2) is 30.3 Å². The second-order valence-electron chi connectivity index (χ2n) is 8.14. The zero-order chi connectivity index (χ0) is 19.9. The minimum atomic E-state index is -0.229. The van der Waals surface area contributed by atoms with Crippen molar-refractivity contribution in [2.45, 2.75) is 39.8 Å². The molecule has 0 spiro atoms. The Bertz CT molecular complexity index is 604. The number of carbonyl (C=O) groups excluding carboxylic acids is 2. The number of carbonyl (C=O) groups is 2. The lowest BCUT2D eigenvalue weighted by atomic mass is 10.0. The van der Waals surface area contributed by atoms with Gasteiger partial charge in [0.2, 0.25) is 11.8 Å². The fraction of sp³-hybridized carbons (Fsp3) is 0.619. The molecule has 0 bridgehead atoms. The number of benzene rings is 1. The van der Waals surface area contributed by atoms with Crippen LogP contribution < -0.4 is 5.32 Å². The van der Waals surface area contributed by atoms with Gasteiger partial charge in [-0.25, -0.2) is 0 Å². The van der Waals surface area contributed by atoms with Crippen LogP contribution in [0.2, 0.25) is 0 Å². The molecule has 0 saturated carbocycles. The third-order valence-corrected chi connectivity index (χ3v) is 4.86. The topological polar surface area (TPSA) is 55.9 Å². The number of hydrogen-bond acceptors (Lipinski definition) is 4. The molecule has 6 nitrogen and oxygen atoms in total. The van der Waals surface area contributed by atoms with Gasteiger partial charge < -0.3 is 10.2 Å². The number of nitrogens with zero attached hydrogens (tertiary/aromatic N) is 3. The summed E-state index contributed by atoms with van der Waals surface area (Å²) in [5.41, 5.74) is 0.917. The minimum absolute atomic E-state index is 0.0730. The second-order valence-corrected chi connectivity index (χ2v) is 8.14. The van der Waals surface area contributed by atoms with Gasteiger partial charge in [-0.2, -0.15) is 0 Å². The van der Waals surface area contributed by atoms with Gasteiger partial charge in [0.25, 0.3) is 0 Å². The number of amides is 2. The summed E-state index contributed by atoms with van der Waals surface area (Å²) in [5.74, 6) is 0.229. The Morgan fingerprint density at radius 3 is 2.07 bits per heavy atom. The first-order chi connectivity index (χ1) is 12.8. The molecule has 1 aliphatic heterocycles. The molecule has 27 heavy (non-hydrogen) atoms. The lowest BCUT2D eigenvalue weighted by Gasteiger charge is -2.39. The molecule has 0 aliphatic carbocycles. The SMILES string of the molecule is CCNC(=O)CN1CCN(CC(=O)N(Cc2ccccc2)C(C)(C)C)CC1. The standard InChI is InChI=1S/C21H34N4O2/c1-5-22-19(26)16-23-11-13-24(14-12-23)17-20(27)25(21(2,3)4)15-18-9-7-6-8-10-18/h6-10H,5,11-17H2,1-4H3,(H,22,26). The van der Waals surface area contributed by atoms with Crippen LogP contribution in [0.3, 0.4) is 0 Å². The van der Waals surface area contributed by atoms with Crippen LogP contribution in [0.25, 0.3) is 0 Å². The molecule has 1 aliphatic rings. The highest BCUT2D eigenvalue weighted by molar-refractivity contribution is 5.79. The zero-order valence-electron chi connectivity index (χ0n) is 17.2. The van der Waals surface area contributed by atoms with Crippen molar-refractivity contribution in [3.8, 4) is 0 Å². The second kappa shape index (κ2) is 9.85. The van der Waals surface area contributed by atoms with Crippen LogP contribution in [0.1, 0.15) is 33.3 Å². The molecule has 1 fully saturated rings. The summed E-state index contributed by atoms with van der Waals surface area (Å²) >= 11 is 0. The third kappa shape index (κ3) is 6.96. The number of rotatable bonds is 7. The predicted molar refractivity (Wildman–Crippen MR) is 108 cm³/mol. The molecule has 2 rings (SSSR count). The highest BCUT2D eigenvalue weighted by Gasteiger charge is 2.29. The predicted octanol–water partition coefficient (Wildman–Crippen LogP) is 1.57. The van der Waals surface area contributed by atoms with E-state index in [2.05, 4.69) is 48.0 Å². The summed E-state index contributed by atoms with van der Waals surface area (Å²) in [6.45, 7) is 13.6. The molecule has 0 unspecified atom stereocenters. The highest BCUT2D eigenvalue weighted by atomic mass is 16.2. The number of likely N-dealkylation sites (N-methyl/N-ethyl adjacent to an activating group) is 1. The van der Waals surface area contributed by atoms with Crippen molar-refractivity contribution in [2.24, 2.45) is 0 Å². The minimum Gasteiger partial charge on any atom is -0.355 e. The Labute approximate surface area is 163 Å². The van der Waals surface area contributed by atoms with Gasteiger partial charge in [-0.3, -0.25) is 19.4 Å². The molecule has 0 aromatic heterocycles. The lowest BCUT2D eigenvalue weighted by Crippen LogP contribution is -2.54. The fourth-order valence-corrected chi connectivity index (χ4v) is 3.30. The third-order valence-electron chi connectivity index (χ3n) is 4.86. The summed E-state index contributed by atoms with van der Waals surface area (Å²) in [5, 5.41) is 2.84. The molecule has 150 valence electrons. The van der Waals surface area contributed by atoms with Gasteiger partial charge in [0.15, 0.2) is 0 Å². The Morgan fingerprint density at radius 1 is 1.00 bits per heavy atom. The monoisotopic (exact) mass is 374 g/mol. The molecule has 1 saturated heterocycles. The van der Waals surface area contributed by atoms with E-state index >= 15 is 0 Å². The Balaban J connectivity index is 1.88. The van der Waals surface area contributed by atoms with Gasteiger partial charge >= 0.3 is 0 Å². The van der Waals surface area contributed by atoms with E-state index in [1.165, 1.54) is 0 Å². The quantitative estimate of drug-likeness (QED) is 0.787.